The molecule has 0 saturated heterocycles. The molecule has 0 bridgehead atoms. The summed E-state index contributed by atoms with van der Waals surface area (Å²) < 4.78 is 0. The van der Waals surface area contributed by atoms with Crippen LogP contribution in [0.5, 0.6) is 0 Å². The fourth-order valence-corrected chi connectivity index (χ4v) is 0.733. The summed E-state index contributed by atoms with van der Waals surface area (Å²) in [6, 6.07) is -0.723. The minimum atomic E-state index is -0.723. The van der Waals surface area contributed by atoms with E-state index in [-0.39, 0.29) is 30.8 Å². The number of hydrogen-bond donors (Lipinski definition) is 5. The summed E-state index contributed by atoms with van der Waals surface area (Å²) in [5.74, 6) is -0.593. The number of carbonyl (C=O) groups is 1. The quantitative estimate of drug-likeness (QED) is 0.138. The van der Waals surface area contributed by atoms with E-state index in [1.165, 1.54) is 5.48 Å². The van der Waals surface area contributed by atoms with Crippen molar-refractivity contribution < 1.29 is 10.0 Å². The van der Waals surface area contributed by atoms with Crippen molar-refractivity contribution in [3.63, 3.8) is 0 Å². The molecule has 7 nitrogen and oxygen atoms in total. The average Bonchev–Trinajstić information content (AvgIpc) is 2.10. The molecule has 0 aliphatic heterocycles. The first-order valence-electron chi connectivity index (χ1n) is 3.83. The Bertz CT molecular complexity index is 198. The number of guanidine groups is 1. The van der Waals surface area contributed by atoms with Crippen molar-refractivity contribution in [1.82, 2.24) is 5.48 Å². The average molecular weight is 262 g/mol. The second kappa shape index (κ2) is 11.3. The van der Waals surface area contributed by atoms with Crippen LogP contribution in [0.15, 0.2) is 4.99 Å². The lowest BCUT2D eigenvalue weighted by atomic mass is 10.1. The second-order valence-electron chi connectivity index (χ2n) is 2.53. The number of nitrogens with two attached hydrogens (primary N) is 3. The Hall–Kier alpha value is -0.760. The first-order chi connectivity index (χ1) is 6.07. The molecule has 0 fully saturated rings. The topological polar surface area (TPSA) is 140 Å². The Kier molecular flexibility index (Phi) is 14.9. The maximum Gasteiger partial charge on any atom is 0.260 e. The first kappa shape index (κ1) is 19.8. The van der Waals surface area contributed by atoms with Gasteiger partial charge in [0.2, 0.25) is 0 Å². The molecule has 9 heteroatoms. The molecule has 1 amide bonds. The van der Waals surface area contributed by atoms with Gasteiger partial charge in [0.15, 0.2) is 5.96 Å². The fraction of sp³-hybridized carbons (Fsp3) is 0.667. The molecule has 8 N–H and O–H groups in total. The predicted molar refractivity (Wildman–Crippen MR) is 62.3 cm³/mol. The Labute approximate surface area is 100 Å². The first-order valence-corrected chi connectivity index (χ1v) is 3.83. The molecule has 15 heavy (non-hydrogen) atoms. The number of amides is 1. The minimum Gasteiger partial charge on any atom is -0.370 e. The zero-order valence-electron chi connectivity index (χ0n) is 8.05. The van der Waals surface area contributed by atoms with Crippen LogP contribution in [0.4, 0.5) is 0 Å². The van der Waals surface area contributed by atoms with Crippen LogP contribution < -0.4 is 22.7 Å². The lowest BCUT2D eigenvalue weighted by Gasteiger charge is -2.07. The molecule has 1 atom stereocenters. The van der Waals surface area contributed by atoms with E-state index in [2.05, 4.69) is 4.99 Å². The SMILES string of the molecule is Cl.Cl.NC(N)=NCCC[C@H](N)C(=O)NO. The highest BCUT2D eigenvalue weighted by Gasteiger charge is 2.10. The summed E-state index contributed by atoms with van der Waals surface area (Å²) in [6.45, 7) is 0.425. The second-order valence-corrected chi connectivity index (χ2v) is 2.53. The van der Waals surface area contributed by atoms with Gasteiger partial charge in [-0.15, -0.1) is 24.8 Å². The highest BCUT2D eigenvalue weighted by molar-refractivity contribution is 5.85. The summed E-state index contributed by atoms with van der Waals surface area (Å²) >= 11 is 0. The number of aliphatic imine (C=N–C) groups is 1. The monoisotopic (exact) mass is 261 g/mol. The van der Waals surface area contributed by atoms with E-state index >= 15 is 0 Å². The lowest BCUT2D eigenvalue weighted by Crippen LogP contribution is -2.39. The van der Waals surface area contributed by atoms with Gasteiger partial charge in [0.1, 0.15) is 0 Å². The molecule has 0 spiro atoms. The molecule has 0 heterocycles. The van der Waals surface area contributed by atoms with Gasteiger partial charge in [-0.05, 0) is 12.8 Å². The third-order valence-corrected chi connectivity index (χ3v) is 1.41. The number of nitrogens with one attached hydrogen (secondary N) is 1. The number of hydrogen-bond acceptors (Lipinski definition) is 4. The van der Waals surface area contributed by atoms with Crippen molar-refractivity contribution in [2.75, 3.05) is 6.54 Å². The summed E-state index contributed by atoms with van der Waals surface area (Å²) in [6.07, 6.45) is 1.01. The smallest absolute Gasteiger partial charge is 0.260 e. The molecule has 0 aliphatic carbocycles. The van der Waals surface area contributed by atoms with E-state index in [9.17, 15) is 4.79 Å². The minimum absolute atomic E-state index is 0. The highest BCUT2D eigenvalue weighted by atomic mass is 35.5. The standard InChI is InChI=1S/C6H15N5O2.2ClH/c7-4(5(12)11-13)2-1-3-10-6(8)9;;/h4,13H,1-3,7H2,(H,11,12)(H4,8,9,10);2*1H/t4-;;/m0../s1. The number of halogens is 2. The van der Waals surface area contributed by atoms with Crippen molar-refractivity contribution in [3.05, 3.63) is 0 Å². The van der Waals surface area contributed by atoms with Crippen LogP contribution in [0.2, 0.25) is 0 Å². The Morgan fingerprint density at radius 2 is 1.93 bits per heavy atom. The summed E-state index contributed by atoms with van der Waals surface area (Å²) in [5.41, 5.74) is 17.0. The van der Waals surface area contributed by atoms with Gasteiger partial charge in [0.25, 0.3) is 5.91 Å². The summed E-state index contributed by atoms with van der Waals surface area (Å²) in [4.78, 5) is 14.4. The van der Waals surface area contributed by atoms with Crippen LogP contribution >= 0.6 is 24.8 Å². The van der Waals surface area contributed by atoms with E-state index in [4.69, 9.17) is 22.4 Å². The maximum absolute atomic E-state index is 10.7. The van der Waals surface area contributed by atoms with Crippen molar-refractivity contribution in [2.24, 2.45) is 22.2 Å². The van der Waals surface area contributed by atoms with Gasteiger partial charge in [-0.2, -0.15) is 0 Å². The van der Waals surface area contributed by atoms with Crippen molar-refractivity contribution in [2.45, 2.75) is 18.9 Å². The molecule has 0 aromatic rings. The predicted octanol–water partition coefficient (Wildman–Crippen LogP) is -1.28. The lowest BCUT2D eigenvalue weighted by molar-refractivity contribution is -0.130. The van der Waals surface area contributed by atoms with Crippen LogP contribution in [-0.4, -0.2) is 29.7 Å². The van der Waals surface area contributed by atoms with Crippen molar-refractivity contribution in [1.29, 1.82) is 0 Å². The van der Waals surface area contributed by atoms with Gasteiger partial charge >= 0.3 is 0 Å². The highest BCUT2D eigenvalue weighted by Crippen LogP contribution is 1.94. The third kappa shape index (κ3) is 11.2. The number of carbonyl (C=O) groups excluding carboxylic acids is 1. The number of nitrogens with zero attached hydrogens (tertiary/aromatic N) is 1. The van der Waals surface area contributed by atoms with Gasteiger partial charge in [-0.1, -0.05) is 0 Å². The molecular formula is C6H17Cl2N5O2. The van der Waals surface area contributed by atoms with Gasteiger partial charge in [0, 0.05) is 6.54 Å². The molecule has 0 saturated carbocycles. The summed E-state index contributed by atoms with van der Waals surface area (Å²) in [7, 11) is 0. The molecule has 0 unspecified atom stereocenters. The van der Waals surface area contributed by atoms with E-state index in [0.29, 0.717) is 19.4 Å². The van der Waals surface area contributed by atoms with Crippen LogP contribution in [0, 0.1) is 0 Å². The van der Waals surface area contributed by atoms with E-state index < -0.39 is 11.9 Å². The Balaban J connectivity index is -0.000000720. The number of hydroxylamine groups is 1. The van der Waals surface area contributed by atoms with Crippen LogP contribution in [-0.2, 0) is 4.79 Å². The zero-order chi connectivity index (χ0) is 10.3. The summed E-state index contributed by atoms with van der Waals surface area (Å²) in [5, 5.41) is 8.20. The fourth-order valence-electron chi connectivity index (χ4n) is 0.733. The van der Waals surface area contributed by atoms with E-state index in [1.807, 2.05) is 0 Å². The maximum atomic E-state index is 10.7. The Morgan fingerprint density at radius 3 is 2.33 bits per heavy atom. The molecule has 0 aliphatic rings. The Morgan fingerprint density at radius 1 is 1.40 bits per heavy atom. The third-order valence-electron chi connectivity index (χ3n) is 1.41. The van der Waals surface area contributed by atoms with Crippen LogP contribution in [0.25, 0.3) is 0 Å². The molecule has 0 aromatic heterocycles. The van der Waals surface area contributed by atoms with Gasteiger partial charge in [-0.3, -0.25) is 15.0 Å². The van der Waals surface area contributed by atoms with Crippen LogP contribution in [0.3, 0.4) is 0 Å². The molecular weight excluding hydrogens is 245 g/mol. The van der Waals surface area contributed by atoms with Crippen LogP contribution in [0.1, 0.15) is 12.8 Å². The normalized spacial score (nSPS) is 10.3. The van der Waals surface area contributed by atoms with E-state index in [1.54, 1.807) is 0 Å². The van der Waals surface area contributed by atoms with Crippen molar-refractivity contribution >= 4 is 36.7 Å². The number of rotatable bonds is 5. The van der Waals surface area contributed by atoms with Gasteiger partial charge in [0.05, 0.1) is 6.04 Å². The van der Waals surface area contributed by atoms with E-state index in [0.717, 1.165) is 0 Å². The molecule has 0 radical (unpaired) electrons. The largest absolute Gasteiger partial charge is 0.370 e. The molecule has 0 aromatic carbocycles. The van der Waals surface area contributed by atoms with Gasteiger partial charge < -0.3 is 17.2 Å². The van der Waals surface area contributed by atoms with Crippen molar-refractivity contribution in [3.8, 4) is 0 Å². The van der Waals surface area contributed by atoms with Gasteiger partial charge in [-0.25, -0.2) is 5.48 Å². The molecule has 0 rings (SSSR count). The zero-order valence-corrected chi connectivity index (χ0v) is 9.68. The molecule has 92 valence electrons.